The van der Waals surface area contributed by atoms with Gasteiger partial charge < -0.3 is 14.9 Å². The summed E-state index contributed by atoms with van der Waals surface area (Å²) in [5.41, 5.74) is 0. The number of rotatable bonds is 13. The van der Waals surface area contributed by atoms with E-state index in [0.29, 0.717) is 6.42 Å². The van der Waals surface area contributed by atoms with Gasteiger partial charge in [0, 0.05) is 0 Å². The highest BCUT2D eigenvalue weighted by molar-refractivity contribution is 5.75. The van der Waals surface area contributed by atoms with Gasteiger partial charge in [-0.25, -0.2) is 0 Å². The lowest BCUT2D eigenvalue weighted by Gasteiger charge is -2.10. The Morgan fingerprint density at radius 3 is 1.68 bits per heavy atom. The maximum absolute atomic E-state index is 11.4. The van der Waals surface area contributed by atoms with Crippen molar-refractivity contribution >= 4 is 5.97 Å². The van der Waals surface area contributed by atoms with Crippen LogP contribution in [0.1, 0.15) is 90.4 Å². The Morgan fingerprint density at radius 2 is 1.27 bits per heavy atom. The van der Waals surface area contributed by atoms with E-state index in [4.69, 9.17) is 0 Å². The first-order valence-corrected chi connectivity index (χ1v) is 9.23. The van der Waals surface area contributed by atoms with Crippen LogP contribution in [0.4, 0.5) is 0 Å². The molecule has 1 fully saturated rings. The van der Waals surface area contributed by atoms with Gasteiger partial charge in [-0.2, -0.15) is 0 Å². The number of unbranched alkanes of at least 4 members (excludes halogenated alkanes) is 11. The minimum atomic E-state index is -1.32. The highest BCUT2D eigenvalue weighted by atomic mass is 16.7. The minimum absolute atomic E-state index is 0.455. The van der Waals surface area contributed by atoms with Gasteiger partial charge in [-0.05, 0) is 6.42 Å². The lowest BCUT2D eigenvalue weighted by molar-refractivity contribution is -0.159. The normalized spacial score (nSPS) is 24.7. The van der Waals surface area contributed by atoms with E-state index in [1.807, 2.05) is 0 Å². The summed E-state index contributed by atoms with van der Waals surface area (Å²) in [6, 6.07) is 0. The van der Waals surface area contributed by atoms with Crippen molar-refractivity contribution in [1.82, 2.24) is 0 Å². The third kappa shape index (κ3) is 7.59. The molecule has 0 bridgehead atoms. The summed E-state index contributed by atoms with van der Waals surface area (Å²) in [5, 5.41) is 18.8. The Labute approximate surface area is 135 Å². The van der Waals surface area contributed by atoms with Crippen molar-refractivity contribution in [3.05, 3.63) is 0 Å². The van der Waals surface area contributed by atoms with Crippen LogP contribution in [-0.4, -0.2) is 28.6 Å². The quantitative estimate of drug-likeness (QED) is 0.399. The molecule has 0 unspecified atom stereocenters. The average Bonchev–Trinajstić information content (AvgIpc) is 2.74. The summed E-state index contributed by atoms with van der Waals surface area (Å²) < 4.78 is 4.61. The number of carbonyl (C=O) groups excluding carboxylic acids is 1. The summed E-state index contributed by atoms with van der Waals surface area (Å²) in [6.45, 7) is 2.25. The number of aliphatic hydroxyl groups is 2. The number of hydrogen-bond donors (Lipinski definition) is 2. The molecule has 1 saturated heterocycles. The van der Waals surface area contributed by atoms with Gasteiger partial charge in [-0.1, -0.05) is 84.0 Å². The zero-order chi connectivity index (χ0) is 16.2. The fraction of sp³-hybridized carbons (Fsp3) is 0.944. The van der Waals surface area contributed by atoms with Crippen molar-refractivity contribution in [2.24, 2.45) is 5.92 Å². The van der Waals surface area contributed by atoms with Gasteiger partial charge in [-0.15, -0.1) is 0 Å². The van der Waals surface area contributed by atoms with Crippen LogP contribution in [0.15, 0.2) is 0 Å². The molecule has 1 heterocycles. The first-order chi connectivity index (χ1) is 10.7. The second-order valence-electron chi connectivity index (χ2n) is 6.60. The topological polar surface area (TPSA) is 66.8 Å². The first kappa shape index (κ1) is 19.4. The van der Waals surface area contributed by atoms with Crippen LogP contribution >= 0.6 is 0 Å². The van der Waals surface area contributed by atoms with Crippen molar-refractivity contribution in [2.75, 3.05) is 0 Å². The van der Waals surface area contributed by atoms with E-state index in [1.54, 1.807) is 0 Å². The average molecular weight is 314 g/mol. The smallest absolute Gasteiger partial charge is 0.314 e. The molecule has 1 aliphatic rings. The Balaban J connectivity index is 1.85. The maximum Gasteiger partial charge on any atom is 0.314 e. The van der Waals surface area contributed by atoms with Gasteiger partial charge in [0.1, 0.15) is 6.10 Å². The Kier molecular flexibility index (Phi) is 10.5. The summed E-state index contributed by atoms with van der Waals surface area (Å²) in [6.07, 6.45) is 13.6. The number of cyclic esters (lactones) is 1. The van der Waals surface area contributed by atoms with Gasteiger partial charge in [0.15, 0.2) is 0 Å². The number of carbonyl (C=O) groups is 1. The molecule has 0 saturated carbocycles. The third-order valence-electron chi connectivity index (χ3n) is 4.61. The van der Waals surface area contributed by atoms with Crippen LogP contribution in [0, 0.1) is 5.92 Å². The van der Waals surface area contributed by atoms with Crippen LogP contribution in [0.2, 0.25) is 0 Å². The molecule has 130 valence electrons. The molecule has 2 N–H and O–H groups in total. The summed E-state index contributed by atoms with van der Waals surface area (Å²) in [5.74, 6) is -0.985. The molecule has 4 heteroatoms. The molecule has 0 aromatic heterocycles. The van der Waals surface area contributed by atoms with E-state index in [9.17, 15) is 15.0 Å². The summed E-state index contributed by atoms with van der Waals surface area (Å²) >= 11 is 0. The summed E-state index contributed by atoms with van der Waals surface area (Å²) in [7, 11) is 0. The molecule has 3 atom stereocenters. The fourth-order valence-corrected chi connectivity index (χ4v) is 3.11. The van der Waals surface area contributed by atoms with E-state index in [1.165, 1.54) is 64.2 Å². The number of ether oxygens (including phenoxy) is 1. The molecule has 4 nitrogen and oxygen atoms in total. The van der Waals surface area contributed by atoms with E-state index < -0.39 is 24.3 Å². The van der Waals surface area contributed by atoms with Gasteiger partial charge in [0.05, 0.1) is 5.92 Å². The van der Waals surface area contributed by atoms with Crippen molar-refractivity contribution in [3.8, 4) is 0 Å². The molecule has 0 spiro atoms. The SMILES string of the molecule is CCCCCCCCCCCCCC[C@H]1C(=O)O[C@@H](O)[C@H]1O. The Hall–Kier alpha value is -0.610. The van der Waals surface area contributed by atoms with Gasteiger partial charge in [0.2, 0.25) is 6.29 Å². The molecule has 0 amide bonds. The van der Waals surface area contributed by atoms with Crippen molar-refractivity contribution < 1.29 is 19.7 Å². The lowest BCUT2D eigenvalue weighted by atomic mass is 9.96. The third-order valence-corrected chi connectivity index (χ3v) is 4.61. The van der Waals surface area contributed by atoms with Crippen LogP contribution in [0.25, 0.3) is 0 Å². The molecule has 0 radical (unpaired) electrons. The lowest BCUT2D eigenvalue weighted by Crippen LogP contribution is -2.26. The largest absolute Gasteiger partial charge is 0.433 e. The minimum Gasteiger partial charge on any atom is -0.433 e. The number of hydrogen-bond acceptors (Lipinski definition) is 4. The Bertz CT molecular complexity index is 293. The summed E-state index contributed by atoms with van der Waals surface area (Å²) in [4.78, 5) is 11.4. The Morgan fingerprint density at radius 1 is 0.818 bits per heavy atom. The second-order valence-corrected chi connectivity index (χ2v) is 6.60. The molecule has 22 heavy (non-hydrogen) atoms. The highest BCUT2D eigenvalue weighted by Gasteiger charge is 2.42. The molecule has 1 aliphatic heterocycles. The van der Waals surface area contributed by atoms with Crippen LogP contribution in [0.3, 0.4) is 0 Å². The van der Waals surface area contributed by atoms with Crippen molar-refractivity contribution in [2.45, 2.75) is 103 Å². The molecule has 0 aromatic rings. The molecular formula is C18H34O4. The zero-order valence-electron chi connectivity index (χ0n) is 14.1. The van der Waals surface area contributed by atoms with Gasteiger partial charge in [-0.3, -0.25) is 4.79 Å². The van der Waals surface area contributed by atoms with Crippen molar-refractivity contribution in [1.29, 1.82) is 0 Å². The number of esters is 1. The van der Waals surface area contributed by atoms with E-state index in [0.717, 1.165) is 12.8 Å². The van der Waals surface area contributed by atoms with E-state index >= 15 is 0 Å². The van der Waals surface area contributed by atoms with Crippen LogP contribution < -0.4 is 0 Å². The van der Waals surface area contributed by atoms with Crippen LogP contribution in [-0.2, 0) is 9.53 Å². The highest BCUT2D eigenvalue weighted by Crippen LogP contribution is 2.25. The van der Waals surface area contributed by atoms with Crippen LogP contribution in [0.5, 0.6) is 0 Å². The number of aliphatic hydroxyl groups excluding tert-OH is 2. The predicted molar refractivity (Wildman–Crippen MR) is 87.3 cm³/mol. The maximum atomic E-state index is 11.4. The van der Waals surface area contributed by atoms with Crippen molar-refractivity contribution in [3.63, 3.8) is 0 Å². The monoisotopic (exact) mass is 314 g/mol. The standard InChI is InChI=1S/C18H34O4/c1-2-3-4-5-6-7-8-9-10-11-12-13-14-15-16(19)18(21)22-17(15)20/h15-16,18-19,21H,2-14H2,1H3/t15-,16+,18-/m1/s1. The molecule has 1 rings (SSSR count). The zero-order valence-corrected chi connectivity index (χ0v) is 14.1. The first-order valence-electron chi connectivity index (χ1n) is 9.23. The van der Waals surface area contributed by atoms with Gasteiger partial charge >= 0.3 is 5.97 Å². The van der Waals surface area contributed by atoms with E-state index in [2.05, 4.69) is 11.7 Å². The second kappa shape index (κ2) is 11.9. The van der Waals surface area contributed by atoms with E-state index in [-0.39, 0.29) is 0 Å². The fourth-order valence-electron chi connectivity index (χ4n) is 3.11. The molecular weight excluding hydrogens is 280 g/mol. The molecule has 0 aliphatic carbocycles. The van der Waals surface area contributed by atoms with Gasteiger partial charge in [0.25, 0.3) is 0 Å². The molecule has 0 aromatic carbocycles. The predicted octanol–water partition coefficient (Wildman–Crippen LogP) is 3.93.